The van der Waals surface area contributed by atoms with Crippen LogP contribution >= 0.6 is 0 Å². The average Bonchev–Trinajstić information content (AvgIpc) is 2.65. The molecule has 8 nitrogen and oxygen atoms in total. The predicted molar refractivity (Wildman–Crippen MR) is 97.6 cm³/mol. The summed E-state index contributed by atoms with van der Waals surface area (Å²) in [5, 5.41) is 2.49. The zero-order chi connectivity index (χ0) is 20.7. The molecule has 0 aliphatic carbocycles. The third kappa shape index (κ3) is 5.96. The van der Waals surface area contributed by atoms with Crippen molar-refractivity contribution in [2.75, 3.05) is 18.5 Å². The lowest BCUT2D eigenvalue weighted by Gasteiger charge is -2.08. The van der Waals surface area contributed by atoms with Crippen LogP contribution in [0, 0.1) is 5.82 Å². The number of hydrogen-bond acceptors (Lipinski definition) is 6. The number of esters is 1. The van der Waals surface area contributed by atoms with E-state index >= 15 is 0 Å². The summed E-state index contributed by atoms with van der Waals surface area (Å²) < 4.78 is 44.5. The minimum atomic E-state index is -4.01. The van der Waals surface area contributed by atoms with E-state index in [1.54, 1.807) is 0 Å². The first-order valence-electron chi connectivity index (χ1n) is 8.00. The molecule has 2 aromatic carbocycles. The predicted octanol–water partition coefficient (Wildman–Crippen LogP) is 1.49. The van der Waals surface area contributed by atoms with Gasteiger partial charge >= 0.3 is 5.97 Å². The van der Waals surface area contributed by atoms with Crippen molar-refractivity contribution in [3.63, 3.8) is 0 Å². The van der Waals surface area contributed by atoms with Crippen LogP contribution in [-0.2, 0) is 24.3 Å². The molecule has 0 aromatic heterocycles. The van der Waals surface area contributed by atoms with Gasteiger partial charge in [-0.15, -0.1) is 0 Å². The standard InChI is InChI=1S/C18H17FN2O6S/c1-12(22)21-13-6-8-14(9-7-13)28(25,26)20-10-18(24)27-11-17(23)15-4-2-3-5-16(15)19/h2-9,20H,10-11H2,1H3,(H,21,22). The average molecular weight is 408 g/mol. The Morgan fingerprint density at radius 2 is 1.68 bits per heavy atom. The van der Waals surface area contributed by atoms with E-state index in [-0.39, 0.29) is 16.4 Å². The molecule has 2 rings (SSSR count). The fourth-order valence-electron chi connectivity index (χ4n) is 2.12. The van der Waals surface area contributed by atoms with Crippen molar-refractivity contribution in [2.24, 2.45) is 0 Å². The van der Waals surface area contributed by atoms with Gasteiger partial charge in [0.15, 0.2) is 6.61 Å². The number of carbonyl (C=O) groups is 3. The van der Waals surface area contributed by atoms with Gasteiger partial charge in [-0.25, -0.2) is 12.8 Å². The van der Waals surface area contributed by atoms with E-state index in [1.807, 2.05) is 4.72 Å². The van der Waals surface area contributed by atoms with Gasteiger partial charge in [0, 0.05) is 12.6 Å². The number of ketones is 1. The maximum absolute atomic E-state index is 13.5. The highest BCUT2D eigenvalue weighted by Crippen LogP contribution is 2.14. The van der Waals surface area contributed by atoms with Crippen molar-refractivity contribution in [3.05, 3.63) is 59.9 Å². The number of sulfonamides is 1. The number of rotatable bonds is 8. The van der Waals surface area contributed by atoms with Crippen LogP contribution in [0.15, 0.2) is 53.4 Å². The maximum Gasteiger partial charge on any atom is 0.321 e. The van der Waals surface area contributed by atoms with Crippen molar-refractivity contribution < 1.29 is 31.9 Å². The summed E-state index contributed by atoms with van der Waals surface area (Å²) >= 11 is 0. The molecule has 0 saturated heterocycles. The molecule has 0 unspecified atom stereocenters. The van der Waals surface area contributed by atoms with Gasteiger partial charge in [0.2, 0.25) is 21.7 Å². The number of halogens is 1. The lowest BCUT2D eigenvalue weighted by Crippen LogP contribution is -2.31. The van der Waals surface area contributed by atoms with Gasteiger partial charge in [0.1, 0.15) is 12.4 Å². The third-order valence-corrected chi connectivity index (χ3v) is 4.85. The fraction of sp³-hybridized carbons (Fsp3) is 0.167. The van der Waals surface area contributed by atoms with Gasteiger partial charge in [-0.05, 0) is 36.4 Å². The molecule has 148 valence electrons. The topological polar surface area (TPSA) is 119 Å². The van der Waals surface area contributed by atoms with E-state index in [2.05, 4.69) is 10.1 Å². The smallest absolute Gasteiger partial charge is 0.321 e. The molecule has 0 heterocycles. The Hall–Kier alpha value is -3.11. The van der Waals surface area contributed by atoms with Crippen LogP contribution in [-0.4, -0.2) is 39.2 Å². The van der Waals surface area contributed by atoms with Gasteiger partial charge in [-0.3, -0.25) is 14.4 Å². The SMILES string of the molecule is CC(=O)Nc1ccc(S(=O)(=O)NCC(=O)OCC(=O)c2ccccc2F)cc1. The number of Topliss-reactive ketones (excluding diaryl/α,β-unsaturated/α-hetero) is 1. The lowest BCUT2D eigenvalue weighted by atomic mass is 10.1. The number of hydrogen-bond donors (Lipinski definition) is 2. The second-order valence-electron chi connectivity index (χ2n) is 5.59. The number of nitrogens with one attached hydrogen (secondary N) is 2. The summed E-state index contributed by atoms with van der Waals surface area (Å²) in [6.07, 6.45) is 0. The summed E-state index contributed by atoms with van der Waals surface area (Å²) in [4.78, 5) is 34.3. The summed E-state index contributed by atoms with van der Waals surface area (Å²) in [6.45, 7) is -0.109. The molecule has 2 N–H and O–H groups in total. The minimum absolute atomic E-state index is 0.128. The Kier molecular flexibility index (Phi) is 6.96. The molecule has 0 saturated carbocycles. The van der Waals surface area contributed by atoms with E-state index in [1.165, 1.54) is 49.4 Å². The van der Waals surface area contributed by atoms with Crippen LogP contribution in [0.4, 0.5) is 10.1 Å². The molecule has 0 aliphatic rings. The van der Waals surface area contributed by atoms with Crippen LogP contribution in [0.1, 0.15) is 17.3 Å². The maximum atomic E-state index is 13.5. The Bertz CT molecular complexity index is 989. The molecule has 2 aromatic rings. The number of benzene rings is 2. The first kappa shape index (κ1) is 21.2. The molecule has 1 amide bonds. The second-order valence-corrected chi connectivity index (χ2v) is 7.36. The van der Waals surface area contributed by atoms with Crippen LogP contribution in [0.3, 0.4) is 0 Å². The van der Waals surface area contributed by atoms with Gasteiger partial charge < -0.3 is 10.1 Å². The molecule has 0 atom stereocenters. The van der Waals surface area contributed by atoms with Crippen molar-refractivity contribution in [2.45, 2.75) is 11.8 Å². The summed E-state index contributed by atoms with van der Waals surface area (Å²) in [5.74, 6) is -2.79. The highest BCUT2D eigenvalue weighted by molar-refractivity contribution is 7.89. The van der Waals surface area contributed by atoms with Gasteiger partial charge in [-0.2, -0.15) is 4.72 Å². The highest BCUT2D eigenvalue weighted by atomic mass is 32.2. The van der Waals surface area contributed by atoms with Gasteiger partial charge in [0.05, 0.1) is 10.5 Å². The number of carbonyl (C=O) groups excluding carboxylic acids is 3. The zero-order valence-corrected chi connectivity index (χ0v) is 15.6. The van der Waals surface area contributed by atoms with Crippen LogP contribution in [0.5, 0.6) is 0 Å². The van der Waals surface area contributed by atoms with Crippen molar-refractivity contribution >= 4 is 33.4 Å². The Labute approximate surface area is 160 Å². The fourth-order valence-corrected chi connectivity index (χ4v) is 3.09. The molecule has 0 bridgehead atoms. The molecule has 0 spiro atoms. The molecule has 10 heteroatoms. The monoisotopic (exact) mass is 408 g/mol. The normalized spacial score (nSPS) is 10.9. The van der Waals surface area contributed by atoms with E-state index < -0.39 is 40.7 Å². The summed E-state index contributed by atoms with van der Waals surface area (Å²) in [5.41, 5.74) is 0.188. The molecular formula is C18H17FN2O6S. The van der Waals surface area contributed by atoms with E-state index in [0.29, 0.717) is 5.69 Å². The van der Waals surface area contributed by atoms with Crippen LogP contribution in [0.25, 0.3) is 0 Å². The first-order chi connectivity index (χ1) is 13.2. The second kappa shape index (κ2) is 9.20. The van der Waals surface area contributed by atoms with Gasteiger partial charge in [0.25, 0.3) is 0 Å². The summed E-state index contributed by atoms with van der Waals surface area (Å²) in [6, 6.07) is 10.5. The zero-order valence-electron chi connectivity index (χ0n) is 14.8. The molecule has 0 radical (unpaired) electrons. The van der Waals surface area contributed by atoms with Gasteiger partial charge in [-0.1, -0.05) is 12.1 Å². The highest BCUT2D eigenvalue weighted by Gasteiger charge is 2.18. The molecule has 0 aliphatic heterocycles. The molecular weight excluding hydrogens is 391 g/mol. The Balaban J connectivity index is 1.88. The van der Waals surface area contributed by atoms with Crippen molar-refractivity contribution in [3.8, 4) is 0 Å². The first-order valence-corrected chi connectivity index (χ1v) is 9.48. The minimum Gasteiger partial charge on any atom is -0.456 e. The quantitative estimate of drug-likeness (QED) is 0.505. The van der Waals surface area contributed by atoms with E-state index in [0.717, 1.165) is 6.07 Å². The number of amides is 1. The van der Waals surface area contributed by atoms with Crippen LogP contribution in [0.2, 0.25) is 0 Å². The summed E-state index contributed by atoms with van der Waals surface area (Å²) in [7, 11) is -4.01. The van der Waals surface area contributed by atoms with Crippen LogP contribution < -0.4 is 10.0 Å². The Morgan fingerprint density at radius 1 is 1.04 bits per heavy atom. The van der Waals surface area contributed by atoms with E-state index in [9.17, 15) is 27.2 Å². The lowest BCUT2D eigenvalue weighted by molar-refractivity contribution is -0.141. The van der Waals surface area contributed by atoms with Crippen molar-refractivity contribution in [1.29, 1.82) is 0 Å². The molecule has 28 heavy (non-hydrogen) atoms. The Morgan fingerprint density at radius 3 is 2.29 bits per heavy atom. The number of anilines is 1. The molecule has 0 fully saturated rings. The number of ether oxygens (including phenoxy) is 1. The van der Waals surface area contributed by atoms with Crippen molar-refractivity contribution in [1.82, 2.24) is 4.72 Å². The third-order valence-electron chi connectivity index (χ3n) is 3.43. The largest absolute Gasteiger partial charge is 0.456 e. The van der Waals surface area contributed by atoms with E-state index in [4.69, 9.17) is 0 Å².